The zero-order valence-corrected chi connectivity index (χ0v) is 12.9. The maximum absolute atomic E-state index is 12.3. The first-order chi connectivity index (χ1) is 11.1. The minimum atomic E-state index is -0.391. The van der Waals surface area contributed by atoms with Gasteiger partial charge in [0.25, 0.3) is 11.8 Å². The highest BCUT2D eigenvalue weighted by Gasteiger charge is 2.18. The van der Waals surface area contributed by atoms with E-state index in [4.69, 9.17) is 13.6 Å². The van der Waals surface area contributed by atoms with E-state index in [1.165, 1.54) is 7.11 Å². The Morgan fingerprint density at radius 3 is 2.65 bits per heavy atom. The summed E-state index contributed by atoms with van der Waals surface area (Å²) in [4.78, 5) is 12.3. The van der Waals surface area contributed by atoms with Gasteiger partial charge in [0.1, 0.15) is 17.3 Å². The van der Waals surface area contributed by atoms with Crippen LogP contribution in [0.4, 0.5) is 6.01 Å². The minimum Gasteiger partial charge on any atom is -0.496 e. The number of carbonyl (C=O) groups excluding carboxylic acids is 1. The van der Waals surface area contributed by atoms with Crippen molar-refractivity contribution in [1.82, 2.24) is 10.2 Å². The Bertz CT molecular complexity index is 851. The lowest BCUT2D eigenvalue weighted by Crippen LogP contribution is -2.13. The molecular weight excluding hydrogens is 298 g/mol. The molecule has 3 aromatic rings. The standard InChI is InChI=1S/C16H15N3O4/c1-9-8-12(10(2)22-9)15-18-19-16(23-15)17-14(20)11-6-4-5-7-13(11)21-3/h4-8H,1-3H3,(H,17,19,20). The number of nitrogens with one attached hydrogen (secondary N) is 1. The second-order valence-corrected chi connectivity index (χ2v) is 4.89. The molecule has 0 aliphatic carbocycles. The van der Waals surface area contributed by atoms with Crippen molar-refractivity contribution in [3.8, 4) is 17.2 Å². The lowest BCUT2D eigenvalue weighted by Gasteiger charge is -2.06. The summed E-state index contributed by atoms with van der Waals surface area (Å²) < 4.78 is 16.1. The largest absolute Gasteiger partial charge is 0.496 e. The molecule has 1 aromatic carbocycles. The highest BCUT2D eigenvalue weighted by molar-refractivity contribution is 6.05. The van der Waals surface area contributed by atoms with E-state index in [1.54, 1.807) is 37.3 Å². The van der Waals surface area contributed by atoms with Crippen LogP contribution in [0.25, 0.3) is 11.5 Å². The van der Waals surface area contributed by atoms with Crippen molar-refractivity contribution in [3.63, 3.8) is 0 Å². The van der Waals surface area contributed by atoms with Crippen LogP contribution in [0.2, 0.25) is 0 Å². The number of methoxy groups -OCH3 is 1. The number of carbonyl (C=O) groups is 1. The smallest absolute Gasteiger partial charge is 0.322 e. The van der Waals surface area contributed by atoms with Crippen LogP contribution in [-0.4, -0.2) is 23.2 Å². The van der Waals surface area contributed by atoms with Gasteiger partial charge in [0.05, 0.1) is 18.2 Å². The quantitative estimate of drug-likeness (QED) is 0.795. The van der Waals surface area contributed by atoms with Crippen molar-refractivity contribution >= 4 is 11.9 Å². The van der Waals surface area contributed by atoms with Crippen LogP contribution in [0.3, 0.4) is 0 Å². The van der Waals surface area contributed by atoms with Crippen molar-refractivity contribution < 1.29 is 18.4 Å². The van der Waals surface area contributed by atoms with Crippen LogP contribution >= 0.6 is 0 Å². The summed E-state index contributed by atoms with van der Waals surface area (Å²) in [7, 11) is 1.50. The molecule has 1 amide bonds. The second-order valence-electron chi connectivity index (χ2n) is 4.89. The maximum atomic E-state index is 12.3. The van der Waals surface area contributed by atoms with E-state index in [0.29, 0.717) is 22.6 Å². The number of benzene rings is 1. The summed E-state index contributed by atoms with van der Waals surface area (Å²) >= 11 is 0. The fourth-order valence-electron chi connectivity index (χ4n) is 2.22. The zero-order chi connectivity index (χ0) is 16.4. The first-order valence-electron chi connectivity index (χ1n) is 6.93. The molecule has 0 radical (unpaired) electrons. The molecule has 0 saturated carbocycles. The molecule has 0 saturated heterocycles. The Labute approximate surface area is 132 Å². The molecule has 0 aliphatic heterocycles. The van der Waals surface area contributed by atoms with Crippen LogP contribution < -0.4 is 10.1 Å². The van der Waals surface area contributed by atoms with Crippen LogP contribution in [0, 0.1) is 13.8 Å². The fourth-order valence-corrected chi connectivity index (χ4v) is 2.22. The molecule has 2 heterocycles. The molecule has 118 valence electrons. The summed E-state index contributed by atoms with van der Waals surface area (Å²) in [5, 5.41) is 10.3. The third-order valence-electron chi connectivity index (χ3n) is 3.27. The molecule has 1 N–H and O–H groups in total. The van der Waals surface area contributed by atoms with Gasteiger partial charge in [-0.1, -0.05) is 17.2 Å². The van der Waals surface area contributed by atoms with Crippen molar-refractivity contribution in [2.24, 2.45) is 0 Å². The van der Waals surface area contributed by atoms with Gasteiger partial charge >= 0.3 is 6.01 Å². The molecule has 23 heavy (non-hydrogen) atoms. The summed E-state index contributed by atoms with van der Waals surface area (Å²) in [6, 6.07) is 8.68. The highest BCUT2D eigenvalue weighted by Crippen LogP contribution is 2.27. The predicted molar refractivity (Wildman–Crippen MR) is 82.4 cm³/mol. The third-order valence-corrected chi connectivity index (χ3v) is 3.27. The van der Waals surface area contributed by atoms with Crippen molar-refractivity contribution in [1.29, 1.82) is 0 Å². The van der Waals surface area contributed by atoms with Crippen LogP contribution in [-0.2, 0) is 0 Å². The average molecular weight is 313 g/mol. The molecular formula is C16H15N3O4. The van der Waals surface area contributed by atoms with Crippen molar-refractivity contribution in [3.05, 3.63) is 47.4 Å². The number of ether oxygens (including phenoxy) is 1. The van der Waals surface area contributed by atoms with Gasteiger partial charge in [0.15, 0.2) is 0 Å². The normalized spacial score (nSPS) is 10.6. The molecule has 0 aliphatic rings. The van der Waals surface area contributed by atoms with Gasteiger partial charge in [0.2, 0.25) is 0 Å². The molecule has 0 unspecified atom stereocenters. The number of furan rings is 1. The number of hydrogen-bond acceptors (Lipinski definition) is 6. The molecule has 0 spiro atoms. The van der Waals surface area contributed by atoms with Crippen molar-refractivity contribution in [2.45, 2.75) is 13.8 Å². The van der Waals surface area contributed by atoms with E-state index in [2.05, 4.69) is 15.5 Å². The summed E-state index contributed by atoms with van der Waals surface area (Å²) in [6.07, 6.45) is 0. The molecule has 0 fully saturated rings. The lowest BCUT2D eigenvalue weighted by atomic mass is 10.2. The third kappa shape index (κ3) is 2.94. The number of aryl methyl sites for hydroxylation is 2. The van der Waals surface area contributed by atoms with Gasteiger partial charge in [-0.15, -0.1) is 5.10 Å². The van der Waals surface area contributed by atoms with E-state index in [0.717, 1.165) is 5.76 Å². The number of rotatable bonds is 4. The Balaban J connectivity index is 1.82. The Kier molecular flexibility index (Phi) is 3.84. The summed E-state index contributed by atoms with van der Waals surface area (Å²) in [5.41, 5.74) is 1.08. The Hall–Kier alpha value is -3.09. The topological polar surface area (TPSA) is 90.4 Å². The van der Waals surface area contributed by atoms with Crippen LogP contribution in [0.5, 0.6) is 5.75 Å². The Morgan fingerprint density at radius 2 is 1.96 bits per heavy atom. The predicted octanol–water partition coefficient (Wildman–Crippen LogP) is 3.21. The Morgan fingerprint density at radius 1 is 1.17 bits per heavy atom. The van der Waals surface area contributed by atoms with Crippen LogP contribution in [0.15, 0.2) is 39.2 Å². The molecule has 0 atom stereocenters. The average Bonchev–Trinajstić information content (AvgIpc) is 3.13. The lowest BCUT2D eigenvalue weighted by molar-refractivity contribution is 0.102. The van der Waals surface area contributed by atoms with Gasteiger partial charge in [-0.05, 0) is 32.0 Å². The number of nitrogens with zero attached hydrogens (tertiary/aromatic N) is 2. The summed E-state index contributed by atoms with van der Waals surface area (Å²) in [5.74, 6) is 1.78. The monoisotopic (exact) mass is 313 g/mol. The van der Waals surface area contributed by atoms with E-state index < -0.39 is 5.91 Å². The molecule has 2 aromatic heterocycles. The second kappa shape index (κ2) is 5.96. The van der Waals surface area contributed by atoms with Gasteiger partial charge in [-0.3, -0.25) is 10.1 Å². The van der Waals surface area contributed by atoms with E-state index in [9.17, 15) is 4.79 Å². The fraction of sp³-hybridized carbons (Fsp3) is 0.188. The van der Waals surface area contributed by atoms with E-state index in [-0.39, 0.29) is 11.9 Å². The van der Waals surface area contributed by atoms with Gasteiger partial charge in [-0.25, -0.2) is 0 Å². The zero-order valence-electron chi connectivity index (χ0n) is 12.9. The first-order valence-corrected chi connectivity index (χ1v) is 6.93. The minimum absolute atomic E-state index is 0.00848. The molecule has 3 rings (SSSR count). The number of amides is 1. The molecule has 7 nitrogen and oxygen atoms in total. The van der Waals surface area contributed by atoms with Gasteiger partial charge < -0.3 is 13.6 Å². The van der Waals surface area contributed by atoms with Gasteiger partial charge in [0, 0.05) is 0 Å². The number of anilines is 1. The molecule has 0 bridgehead atoms. The number of para-hydroxylation sites is 1. The summed E-state index contributed by atoms with van der Waals surface area (Å²) in [6.45, 7) is 3.64. The van der Waals surface area contributed by atoms with E-state index in [1.807, 2.05) is 6.92 Å². The number of hydrogen-bond donors (Lipinski definition) is 1. The SMILES string of the molecule is COc1ccccc1C(=O)Nc1nnc(-c2cc(C)oc2C)o1. The highest BCUT2D eigenvalue weighted by atomic mass is 16.5. The van der Waals surface area contributed by atoms with Gasteiger partial charge in [-0.2, -0.15) is 0 Å². The van der Waals surface area contributed by atoms with Crippen molar-refractivity contribution in [2.75, 3.05) is 12.4 Å². The maximum Gasteiger partial charge on any atom is 0.322 e. The van der Waals surface area contributed by atoms with Crippen LogP contribution in [0.1, 0.15) is 21.9 Å². The molecule has 7 heteroatoms. The first kappa shape index (κ1) is 14.8. The number of aromatic nitrogens is 2. The van der Waals surface area contributed by atoms with E-state index >= 15 is 0 Å².